The summed E-state index contributed by atoms with van der Waals surface area (Å²) in [7, 11) is 0. The van der Waals surface area contributed by atoms with Crippen molar-refractivity contribution in [3.05, 3.63) is 59.7 Å². The second-order valence-corrected chi connectivity index (χ2v) is 10.2. The van der Waals surface area contributed by atoms with Crippen molar-refractivity contribution in [2.24, 2.45) is 0 Å². The van der Waals surface area contributed by atoms with Crippen molar-refractivity contribution in [3.8, 4) is 17.6 Å². The highest BCUT2D eigenvalue weighted by atomic mass is 16.5. The standard InChI is InChI=1S/C16H22N2O.C16H23NO2/c17-9-2-5-12-19-16-8-6-7-15(13-16)14-18-10-3-1-4-11-18;18-11-4-5-12-19-16-8-6-7-15(13-16)14-17-9-2-1-3-10-17/h6-8,13H,1-5,10-12,14H2;6-8,11,13H,1-5,9-10,12,14H2. The Morgan fingerprint density at radius 1 is 0.737 bits per heavy atom. The number of nitriles is 1. The summed E-state index contributed by atoms with van der Waals surface area (Å²) in [5, 5.41) is 8.48. The molecule has 0 N–H and O–H groups in total. The van der Waals surface area contributed by atoms with Crippen molar-refractivity contribution < 1.29 is 14.3 Å². The van der Waals surface area contributed by atoms with Crippen molar-refractivity contribution in [1.82, 2.24) is 9.80 Å². The third-order valence-electron chi connectivity index (χ3n) is 6.94. The number of carbonyl (C=O) groups excluding carboxylic acids is 1. The highest BCUT2D eigenvalue weighted by molar-refractivity contribution is 5.49. The first-order valence-electron chi connectivity index (χ1n) is 14.5. The summed E-state index contributed by atoms with van der Waals surface area (Å²) >= 11 is 0. The van der Waals surface area contributed by atoms with Crippen LogP contribution in [0.25, 0.3) is 0 Å². The van der Waals surface area contributed by atoms with E-state index in [-0.39, 0.29) is 0 Å². The number of carbonyl (C=O) groups is 1. The Morgan fingerprint density at radius 2 is 1.24 bits per heavy atom. The van der Waals surface area contributed by atoms with Crippen LogP contribution in [0.2, 0.25) is 0 Å². The molecule has 0 atom stereocenters. The van der Waals surface area contributed by atoms with E-state index in [1.807, 2.05) is 18.2 Å². The van der Waals surface area contributed by atoms with Gasteiger partial charge in [0.25, 0.3) is 0 Å². The number of nitrogens with zero attached hydrogens (tertiary/aromatic N) is 3. The Hall–Kier alpha value is -2.88. The Balaban J connectivity index is 0.000000211. The zero-order chi connectivity index (χ0) is 26.7. The molecule has 2 heterocycles. The average molecular weight is 520 g/mol. The van der Waals surface area contributed by atoms with Gasteiger partial charge in [-0.3, -0.25) is 9.80 Å². The lowest BCUT2D eigenvalue weighted by atomic mass is 10.1. The number of likely N-dealkylation sites (tertiary alicyclic amines) is 2. The minimum absolute atomic E-state index is 0.563. The van der Waals surface area contributed by atoms with Gasteiger partial charge >= 0.3 is 0 Å². The van der Waals surface area contributed by atoms with E-state index >= 15 is 0 Å². The molecule has 2 aromatic carbocycles. The first kappa shape index (κ1) is 29.7. The fourth-order valence-electron chi connectivity index (χ4n) is 4.92. The van der Waals surface area contributed by atoms with Crippen LogP contribution in [0.5, 0.6) is 11.5 Å². The van der Waals surface area contributed by atoms with Crippen LogP contribution in [0.15, 0.2) is 48.5 Å². The predicted molar refractivity (Wildman–Crippen MR) is 152 cm³/mol. The minimum Gasteiger partial charge on any atom is -0.494 e. The van der Waals surface area contributed by atoms with E-state index < -0.39 is 0 Å². The molecule has 2 aliphatic rings. The van der Waals surface area contributed by atoms with E-state index in [2.05, 4.69) is 46.2 Å². The summed E-state index contributed by atoms with van der Waals surface area (Å²) in [6.07, 6.45) is 11.7. The molecule has 4 rings (SSSR count). The molecule has 2 aromatic rings. The first-order valence-corrected chi connectivity index (χ1v) is 14.5. The summed E-state index contributed by atoms with van der Waals surface area (Å²) in [6.45, 7) is 8.14. The molecule has 0 unspecified atom stereocenters. The quantitative estimate of drug-likeness (QED) is 0.226. The number of unbranched alkanes of at least 4 members (excludes halogenated alkanes) is 2. The first-order chi connectivity index (χ1) is 18.8. The molecule has 2 fully saturated rings. The van der Waals surface area contributed by atoms with Crippen molar-refractivity contribution in [2.45, 2.75) is 77.3 Å². The summed E-state index contributed by atoms with van der Waals surface area (Å²) < 4.78 is 11.3. The van der Waals surface area contributed by atoms with Crippen LogP contribution >= 0.6 is 0 Å². The lowest BCUT2D eigenvalue weighted by Gasteiger charge is -2.26. The molecule has 38 heavy (non-hydrogen) atoms. The molecule has 0 bridgehead atoms. The van der Waals surface area contributed by atoms with Crippen molar-refractivity contribution >= 4 is 6.29 Å². The van der Waals surface area contributed by atoms with Crippen molar-refractivity contribution in [2.75, 3.05) is 39.4 Å². The second-order valence-electron chi connectivity index (χ2n) is 10.2. The SMILES string of the molecule is N#CCCCOc1cccc(CN2CCCCC2)c1.O=CCCCOc1cccc(CN2CCCCC2)c1. The van der Waals surface area contributed by atoms with Gasteiger partial charge in [-0.2, -0.15) is 5.26 Å². The maximum atomic E-state index is 10.2. The van der Waals surface area contributed by atoms with Gasteiger partial charge < -0.3 is 14.3 Å². The maximum absolute atomic E-state index is 10.2. The van der Waals surface area contributed by atoms with Gasteiger partial charge in [0, 0.05) is 25.9 Å². The largest absolute Gasteiger partial charge is 0.494 e. The monoisotopic (exact) mass is 519 g/mol. The molecule has 0 aliphatic carbocycles. The fraction of sp³-hybridized carbons (Fsp3) is 0.562. The van der Waals surface area contributed by atoms with Crippen LogP contribution in [-0.4, -0.2) is 55.5 Å². The molecule has 6 heteroatoms. The summed E-state index contributed by atoms with van der Waals surface area (Å²) in [6, 6.07) is 18.8. The van der Waals surface area contributed by atoms with E-state index in [0.29, 0.717) is 26.1 Å². The third-order valence-corrected chi connectivity index (χ3v) is 6.94. The van der Waals surface area contributed by atoms with E-state index in [9.17, 15) is 4.79 Å². The molecule has 0 saturated carbocycles. The fourth-order valence-corrected chi connectivity index (χ4v) is 4.92. The van der Waals surface area contributed by atoms with E-state index in [0.717, 1.165) is 43.7 Å². The molecule has 0 spiro atoms. The number of rotatable bonds is 13. The lowest BCUT2D eigenvalue weighted by molar-refractivity contribution is -0.108. The summed E-state index contributed by atoms with van der Waals surface area (Å²) in [4.78, 5) is 15.3. The van der Waals surface area contributed by atoms with Crippen LogP contribution in [-0.2, 0) is 17.9 Å². The minimum atomic E-state index is 0.563. The highest BCUT2D eigenvalue weighted by Crippen LogP contribution is 2.19. The number of ether oxygens (including phenoxy) is 2. The molecule has 6 nitrogen and oxygen atoms in total. The predicted octanol–water partition coefficient (Wildman–Crippen LogP) is 6.39. The molecular weight excluding hydrogens is 474 g/mol. The molecule has 2 aliphatic heterocycles. The Morgan fingerprint density at radius 3 is 1.71 bits per heavy atom. The van der Waals surface area contributed by atoms with Gasteiger partial charge in [-0.05, 0) is 100 Å². The number of piperidine rings is 2. The zero-order valence-electron chi connectivity index (χ0n) is 23.0. The summed E-state index contributed by atoms with van der Waals surface area (Å²) in [5.41, 5.74) is 2.63. The third kappa shape index (κ3) is 12.1. The number of benzene rings is 2. The lowest BCUT2D eigenvalue weighted by Crippen LogP contribution is -2.29. The Labute approximate surface area is 229 Å². The summed E-state index contributed by atoms with van der Waals surface area (Å²) in [5.74, 6) is 1.84. The topological polar surface area (TPSA) is 65.8 Å². The van der Waals surface area contributed by atoms with Crippen molar-refractivity contribution in [3.63, 3.8) is 0 Å². The molecule has 2 saturated heterocycles. The van der Waals surface area contributed by atoms with Crippen LogP contribution < -0.4 is 9.47 Å². The van der Waals surface area contributed by atoms with Gasteiger partial charge in [-0.1, -0.05) is 37.1 Å². The highest BCUT2D eigenvalue weighted by Gasteiger charge is 2.11. The smallest absolute Gasteiger partial charge is 0.120 e. The Bertz CT molecular complexity index is 962. The second kappa shape index (κ2) is 18.4. The normalized spacial score (nSPS) is 16.1. The van der Waals surface area contributed by atoms with Gasteiger partial charge in [-0.15, -0.1) is 0 Å². The van der Waals surface area contributed by atoms with Crippen LogP contribution in [0.3, 0.4) is 0 Å². The molecule has 0 amide bonds. The zero-order valence-corrected chi connectivity index (χ0v) is 23.0. The van der Waals surface area contributed by atoms with Gasteiger partial charge in [0.2, 0.25) is 0 Å². The molecular formula is C32H45N3O3. The van der Waals surface area contributed by atoms with Gasteiger partial charge in [-0.25, -0.2) is 0 Å². The van der Waals surface area contributed by atoms with E-state index in [4.69, 9.17) is 14.7 Å². The average Bonchev–Trinajstić information content (AvgIpc) is 2.95. The number of aldehydes is 1. The number of hydrogen-bond acceptors (Lipinski definition) is 6. The number of hydrogen-bond donors (Lipinski definition) is 0. The van der Waals surface area contributed by atoms with E-state index in [1.54, 1.807) is 0 Å². The molecule has 0 radical (unpaired) electrons. The van der Waals surface area contributed by atoms with Gasteiger partial charge in [0.1, 0.15) is 17.8 Å². The molecule has 206 valence electrons. The van der Waals surface area contributed by atoms with Crippen molar-refractivity contribution in [1.29, 1.82) is 5.26 Å². The van der Waals surface area contributed by atoms with E-state index in [1.165, 1.54) is 75.8 Å². The van der Waals surface area contributed by atoms with Crippen LogP contribution in [0, 0.1) is 11.3 Å². The van der Waals surface area contributed by atoms with Crippen LogP contribution in [0.1, 0.15) is 75.3 Å². The molecule has 0 aromatic heterocycles. The van der Waals surface area contributed by atoms with Crippen LogP contribution in [0.4, 0.5) is 0 Å². The van der Waals surface area contributed by atoms with Gasteiger partial charge in [0.05, 0.1) is 19.3 Å². The Kier molecular flexibility index (Phi) is 14.4. The maximum Gasteiger partial charge on any atom is 0.120 e. The van der Waals surface area contributed by atoms with Gasteiger partial charge in [0.15, 0.2) is 0 Å².